The molecule has 6 aliphatic heterocycles. The highest BCUT2D eigenvalue weighted by Gasteiger charge is 2.55. The first-order valence-electron chi connectivity index (χ1n) is 44.2. The van der Waals surface area contributed by atoms with Gasteiger partial charge in [-0.3, -0.25) is 0 Å². The Kier molecular flexibility index (Phi) is 16.3. The maximum Gasteiger partial charge on any atom is 0.261 e. The quantitative estimate of drug-likeness (QED) is 0.121. The van der Waals surface area contributed by atoms with Crippen LogP contribution in [0.3, 0.4) is 0 Å². The van der Waals surface area contributed by atoms with E-state index in [1.807, 2.05) is 0 Å². The van der Waals surface area contributed by atoms with Crippen LogP contribution in [0.15, 0.2) is 419 Å². The number of hydrogen-bond donors (Lipinski definition) is 0. The van der Waals surface area contributed by atoms with E-state index in [-0.39, 0.29) is 6.71 Å². The Bertz CT molecular complexity index is 7780. The van der Waals surface area contributed by atoms with Crippen molar-refractivity contribution in [3.05, 3.63) is 424 Å². The first-order chi connectivity index (χ1) is 62.7. The van der Waals surface area contributed by atoms with Gasteiger partial charge in [0.25, 0.3) is 20.1 Å². The van der Waals surface area contributed by atoms with E-state index in [4.69, 9.17) is 14.2 Å². The zero-order valence-corrected chi connectivity index (χ0v) is 70.1. The van der Waals surface area contributed by atoms with Crippen molar-refractivity contribution < 1.29 is 14.2 Å². The minimum Gasteiger partial charge on any atom is -0.459 e. The maximum absolute atomic E-state index is 8.65. The van der Waals surface area contributed by atoms with Gasteiger partial charge < -0.3 is 28.6 Å². The molecule has 0 aliphatic carbocycles. The molecule has 0 saturated carbocycles. The second-order valence-electron chi connectivity index (χ2n) is 35.5. The van der Waals surface area contributed by atoms with Crippen LogP contribution in [0.25, 0.3) is 128 Å². The molecular formula is C118H78B3N3O3. The third kappa shape index (κ3) is 11.2. The zero-order chi connectivity index (χ0) is 83.9. The minimum absolute atomic E-state index is 0.354. The summed E-state index contributed by atoms with van der Waals surface area (Å²) in [5.41, 5.74) is 39.8. The van der Waals surface area contributed by atoms with Gasteiger partial charge in [0.15, 0.2) is 0 Å². The second-order valence-corrected chi connectivity index (χ2v) is 35.5. The summed E-state index contributed by atoms with van der Waals surface area (Å²) in [6.45, 7) is 5.80. The first kappa shape index (κ1) is 72.8. The van der Waals surface area contributed by atoms with E-state index in [0.717, 1.165) is 245 Å². The van der Waals surface area contributed by atoms with Crippen molar-refractivity contribution in [2.24, 2.45) is 0 Å². The molecule has 0 spiro atoms. The van der Waals surface area contributed by atoms with Gasteiger partial charge in [-0.05, 0) is 187 Å². The van der Waals surface area contributed by atoms with Crippen LogP contribution >= 0.6 is 0 Å². The summed E-state index contributed by atoms with van der Waals surface area (Å²) < 4.78 is 27.5. The summed E-state index contributed by atoms with van der Waals surface area (Å²) >= 11 is 0. The zero-order valence-electron chi connectivity index (χ0n) is 70.1. The van der Waals surface area contributed by atoms with Crippen LogP contribution in [0.1, 0.15) is 26.3 Å². The molecule has 127 heavy (non-hydrogen) atoms. The molecule has 0 saturated heterocycles. The van der Waals surface area contributed by atoms with Crippen LogP contribution in [0.5, 0.6) is 34.5 Å². The summed E-state index contributed by atoms with van der Waals surface area (Å²) in [4.78, 5) is 5.39. The van der Waals surface area contributed by atoms with E-state index < -0.39 is 18.8 Å². The van der Waals surface area contributed by atoms with Crippen molar-refractivity contribution in [1.29, 1.82) is 0 Å². The molecule has 0 bridgehead atoms. The largest absolute Gasteiger partial charge is 0.459 e. The van der Waals surface area contributed by atoms with Gasteiger partial charge >= 0.3 is 0 Å². The summed E-state index contributed by atoms with van der Waals surface area (Å²) in [6, 6.07) is 155. The molecule has 20 aromatic rings. The number of nitrogens with zero attached hydrogens (tertiary/aromatic N) is 3. The van der Waals surface area contributed by atoms with Crippen molar-refractivity contribution in [2.75, 3.05) is 9.80 Å². The molecule has 7 heterocycles. The minimum atomic E-state index is -0.514. The van der Waals surface area contributed by atoms with Gasteiger partial charge in [0.1, 0.15) is 34.5 Å². The molecule has 0 N–H and O–H groups in total. The van der Waals surface area contributed by atoms with Crippen molar-refractivity contribution >= 4 is 125 Å². The number of benzene rings is 19. The van der Waals surface area contributed by atoms with E-state index in [2.05, 4.69) is 454 Å². The lowest BCUT2D eigenvalue weighted by Crippen LogP contribution is -2.66. The molecule has 6 nitrogen and oxygen atoms in total. The molecule has 9 heteroatoms. The number of hydrogen-bond acceptors (Lipinski definition) is 5. The van der Waals surface area contributed by atoms with Crippen molar-refractivity contribution in [1.82, 2.24) is 4.57 Å². The average molecular weight is 1620 g/mol. The molecule has 0 amide bonds. The molecule has 1 aromatic heterocycles. The van der Waals surface area contributed by atoms with Crippen LogP contribution in [-0.4, -0.2) is 24.7 Å². The number of ether oxygens (including phenoxy) is 3. The van der Waals surface area contributed by atoms with E-state index in [9.17, 15) is 0 Å². The standard InChI is InChI=1S/C118H78B3N3O3/c1-118(2,3)87-70-99-107-100(71-87)124(113-90(80-47-27-11-28-48-80)53-32-54-91(113)81-49-29-12-30-50-81)102-72-101-109-116(108(102)120(107)93-60-55-85(76-39-19-7-20-40-76)68-98(93)123(99)112-88(78-43-23-9-24-44-78)51-31-52-89(112)79-45-25-10-26-46-79)127-105-69-86(77-41-21-8-22-42-77)56-61-94(105)121(109)110-114-106(92-65-82(57-62-97(92)122(101)114)73-33-13-4-14-34-73)115-111-117(110)126-104-64-59-84(75-37-17-6-18-38-75)67-96(104)119(111)95-66-83(58-63-103(95)125-115)74-35-15-5-16-36-74/h4-72H,1-3H3. The first-order valence-corrected chi connectivity index (χ1v) is 44.2. The monoisotopic (exact) mass is 1620 g/mol. The Hall–Kier alpha value is -15.8. The Morgan fingerprint density at radius 2 is 0.583 bits per heavy atom. The van der Waals surface area contributed by atoms with Crippen LogP contribution in [0.4, 0.5) is 34.1 Å². The second kappa shape index (κ2) is 28.4. The van der Waals surface area contributed by atoms with Crippen LogP contribution in [0, 0.1) is 0 Å². The fourth-order valence-electron chi connectivity index (χ4n) is 21.7. The third-order valence-electron chi connectivity index (χ3n) is 27.5. The van der Waals surface area contributed by atoms with Gasteiger partial charge in [-0.25, -0.2) is 0 Å². The third-order valence-corrected chi connectivity index (χ3v) is 27.5. The number of fused-ring (bicyclic) bond motifs is 18. The molecule has 592 valence electrons. The van der Waals surface area contributed by atoms with E-state index in [1.54, 1.807) is 0 Å². The van der Waals surface area contributed by atoms with E-state index >= 15 is 0 Å². The fourth-order valence-corrected chi connectivity index (χ4v) is 21.7. The average Bonchev–Trinajstić information content (AvgIpc) is 1.61. The SMILES string of the molecule is CC(C)(C)c1cc2c3c(c1)N(c1c(-c4ccccc4)cccc1-c1ccccc1)c1cc4c5c(c1B3c1ccc(-c3ccccc3)cc1N2c1c(-c2ccccc2)cccc1-c1ccccc1)Oc1cc(-c2ccccc2)ccc1B5c1c2c3c(c5c6cc(-c7ccccc7)ccc6n-4c15)Oc1ccc(-c4ccccc4)cc1B3c1cc(-c3ccccc3)ccc1O2. The number of aromatic nitrogens is 1. The summed E-state index contributed by atoms with van der Waals surface area (Å²) in [7, 11) is 0. The lowest BCUT2D eigenvalue weighted by Gasteiger charge is -2.48. The van der Waals surface area contributed by atoms with E-state index in [0.29, 0.717) is 0 Å². The highest BCUT2D eigenvalue weighted by molar-refractivity contribution is 7.05. The molecule has 0 radical (unpaired) electrons. The van der Waals surface area contributed by atoms with Gasteiger partial charge in [-0.2, -0.15) is 0 Å². The molecule has 26 rings (SSSR count). The lowest BCUT2D eigenvalue weighted by atomic mass is 9.29. The van der Waals surface area contributed by atoms with Crippen molar-refractivity contribution in [3.8, 4) is 140 Å². The van der Waals surface area contributed by atoms with Crippen LogP contribution in [0.2, 0.25) is 0 Å². The smallest absolute Gasteiger partial charge is 0.261 e. The van der Waals surface area contributed by atoms with E-state index in [1.165, 1.54) is 5.56 Å². The maximum atomic E-state index is 8.65. The van der Waals surface area contributed by atoms with Gasteiger partial charge in [0, 0.05) is 66.9 Å². The summed E-state index contributed by atoms with van der Waals surface area (Å²) in [6.07, 6.45) is 0. The number of para-hydroxylation sites is 2. The lowest BCUT2D eigenvalue weighted by molar-refractivity contribution is 0.470. The predicted octanol–water partition coefficient (Wildman–Crippen LogP) is 24.8. The topological polar surface area (TPSA) is 39.1 Å². The Balaban J connectivity index is 0.855. The molecule has 0 atom stereocenters. The predicted molar refractivity (Wildman–Crippen MR) is 531 cm³/mol. The molecule has 6 aliphatic rings. The molecule has 19 aromatic carbocycles. The Morgan fingerprint density at radius 1 is 0.228 bits per heavy atom. The Labute approximate surface area is 739 Å². The van der Waals surface area contributed by atoms with Gasteiger partial charge in [-0.15, -0.1) is 0 Å². The van der Waals surface area contributed by atoms with Gasteiger partial charge in [0.05, 0.1) is 22.4 Å². The van der Waals surface area contributed by atoms with Gasteiger partial charge in [-0.1, -0.05) is 385 Å². The van der Waals surface area contributed by atoms with Crippen molar-refractivity contribution in [2.45, 2.75) is 26.2 Å². The molecule has 0 fully saturated rings. The fraction of sp³-hybridized carbons (Fsp3) is 0.0339. The van der Waals surface area contributed by atoms with Crippen molar-refractivity contribution in [3.63, 3.8) is 0 Å². The normalized spacial score (nSPS) is 13.1. The number of rotatable bonds is 11. The van der Waals surface area contributed by atoms with Crippen LogP contribution < -0.4 is 73.2 Å². The summed E-state index contributed by atoms with van der Waals surface area (Å²) in [5.74, 6) is 4.78. The highest BCUT2D eigenvalue weighted by Crippen LogP contribution is 2.57. The number of anilines is 6. The summed E-state index contributed by atoms with van der Waals surface area (Å²) in [5, 5.41) is 2.09. The molecular weight excluding hydrogens is 1540 g/mol. The Morgan fingerprint density at radius 3 is 1.04 bits per heavy atom. The highest BCUT2D eigenvalue weighted by atomic mass is 16.5. The molecule has 0 unspecified atom stereocenters. The van der Waals surface area contributed by atoms with Crippen LogP contribution in [-0.2, 0) is 5.41 Å². The van der Waals surface area contributed by atoms with Gasteiger partial charge in [0.2, 0.25) is 0 Å².